The Balaban J connectivity index is 2.30. The van der Waals surface area contributed by atoms with Crippen LogP contribution in [0.1, 0.15) is 28.6 Å². The Morgan fingerprint density at radius 2 is 1.80 bits per heavy atom. The van der Waals surface area contributed by atoms with Gasteiger partial charge in [-0.3, -0.25) is 4.79 Å². The third-order valence-electron chi connectivity index (χ3n) is 3.75. The van der Waals surface area contributed by atoms with Crippen molar-refractivity contribution < 1.29 is 23.1 Å². The largest absolute Gasteiger partial charge is 0.506 e. The molecule has 1 N–H and O–H groups in total. The highest BCUT2D eigenvalue weighted by molar-refractivity contribution is 9.11. The van der Waals surface area contributed by atoms with Crippen LogP contribution >= 0.6 is 31.9 Å². The second-order valence-electron chi connectivity index (χ2n) is 5.81. The van der Waals surface area contributed by atoms with E-state index in [0.717, 1.165) is 5.46 Å². The summed E-state index contributed by atoms with van der Waals surface area (Å²) in [5.41, 5.74) is 1.02. The first-order valence-electron chi connectivity index (χ1n) is 7.23. The number of alkyl halides is 2. The second kappa shape index (κ2) is 6.25. The molecule has 3 nitrogen and oxygen atoms in total. The molecule has 0 aliphatic rings. The number of aromatic hydroxyl groups is 1. The van der Waals surface area contributed by atoms with E-state index in [9.17, 15) is 18.7 Å². The van der Waals surface area contributed by atoms with E-state index in [0.29, 0.717) is 12.3 Å². The van der Waals surface area contributed by atoms with Crippen molar-refractivity contribution in [2.45, 2.75) is 12.8 Å². The van der Waals surface area contributed by atoms with Gasteiger partial charge in [0.15, 0.2) is 11.5 Å². The minimum absolute atomic E-state index is 0.0782. The van der Waals surface area contributed by atoms with Gasteiger partial charge in [-0.1, -0.05) is 17.6 Å². The van der Waals surface area contributed by atoms with Gasteiger partial charge in [-0.15, -0.1) is 0 Å². The fraction of sp³-hybridized carbons (Fsp3) is 0.118. The number of rotatable bonds is 3. The van der Waals surface area contributed by atoms with Crippen molar-refractivity contribution in [3.63, 3.8) is 0 Å². The number of halogens is 4. The van der Waals surface area contributed by atoms with Crippen LogP contribution in [0.5, 0.6) is 5.75 Å². The van der Waals surface area contributed by atoms with E-state index in [1.54, 1.807) is 26.0 Å². The van der Waals surface area contributed by atoms with E-state index in [1.165, 1.54) is 12.1 Å². The van der Waals surface area contributed by atoms with Crippen LogP contribution < -0.4 is 5.46 Å². The van der Waals surface area contributed by atoms with Crippen molar-refractivity contribution in [3.8, 4) is 5.75 Å². The summed E-state index contributed by atoms with van der Waals surface area (Å²) in [6.45, 7) is 0.691. The highest BCUT2D eigenvalue weighted by Crippen LogP contribution is 2.39. The van der Waals surface area contributed by atoms with Gasteiger partial charge < -0.3 is 9.52 Å². The predicted octanol–water partition coefficient (Wildman–Crippen LogP) is 4.26. The maximum Gasteiger partial charge on any atom is 0.302 e. The van der Waals surface area contributed by atoms with Gasteiger partial charge in [-0.05, 0) is 50.1 Å². The second-order valence-corrected chi connectivity index (χ2v) is 7.52. The number of hydrogen-bond acceptors (Lipinski definition) is 3. The third kappa shape index (κ3) is 3.25. The molecule has 0 amide bonds. The Hall–Kier alpha value is -1.67. The fourth-order valence-electron chi connectivity index (χ4n) is 2.59. The molecule has 0 spiro atoms. The Morgan fingerprint density at radius 3 is 2.36 bits per heavy atom. The molecule has 3 rings (SSSR count). The van der Waals surface area contributed by atoms with Gasteiger partial charge in [0.2, 0.25) is 0 Å². The fourth-order valence-corrected chi connectivity index (χ4v) is 3.77. The molecule has 0 radical (unpaired) electrons. The number of hydrogen-bond donors (Lipinski definition) is 1. The van der Waals surface area contributed by atoms with Gasteiger partial charge in [0, 0.05) is 17.9 Å². The van der Waals surface area contributed by atoms with Crippen molar-refractivity contribution >= 4 is 61.9 Å². The summed E-state index contributed by atoms with van der Waals surface area (Å²) in [7, 11) is 1.80. The molecule has 2 aromatic carbocycles. The van der Waals surface area contributed by atoms with E-state index in [1.807, 2.05) is 0 Å². The molecule has 0 aliphatic carbocycles. The summed E-state index contributed by atoms with van der Waals surface area (Å²) < 4.78 is 34.0. The van der Waals surface area contributed by atoms with Gasteiger partial charge >= 0.3 is 5.92 Å². The molecule has 1 aromatic heterocycles. The van der Waals surface area contributed by atoms with Crippen molar-refractivity contribution in [2.75, 3.05) is 0 Å². The Morgan fingerprint density at radius 1 is 1.20 bits per heavy atom. The van der Waals surface area contributed by atoms with Crippen LogP contribution in [0, 0.1) is 0 Å². The molecule has 8 heteroatoms. The van der Waals surface area contributed by atoms with E-state index < -0.39 is 17.5 Å². The summed E-state index contributed by atoms with van der Waals surface area (Å²) in [5, 5.41) is 10.1. The lowest BCUT2D eigenvalue weighted by atomic mass is 9.92. The molecule has 0 saturated carbocycles. The van der Waals surface area contributed by atoms with Gasteiger partial charge in [0.05, 0.1) is 14.5 Å². The number of fused-ring (bicyclic) bond motifs is 1. The molecule has 25 heavy (non-hydrogen) atoms. The molecular formula is C17H11BBr2F2O3. The molecule has 0 atom stereocenters. The van der Waals surface area contributed by atoms with Crippen LogP contribution in [-0.4, -0.2) is 18.7 Å². The topological polar surface area (TPSA) is 50.4 Å². The van der Waals surface area contributed by atoms with Gasteiger partial charge in [-0.2, -0.15) is 8.78 Å². The van der Waals surface area contributed by atoms with Crippen LogP contribution in [0.25, 0.3) is 11.0 Å². The maximum atomic E-state index is 14.0. The molecule has 0 saturated heterocycles. The normalized spacial score (nSPS) is 11.9. The highest BCUT2D eigenvalue weighted by Gasteiger charge is 2.36. The van der Waals surface area contributed by atoms with Crippen molar-refractivity contribution in [3.05, 3.63) is 56.2 Å². The first-order chi connectivity index (χ1) is 11.6. The van der Waals surface area contributed by atoms with E-state index in [-0.39, 0.29) is 31.4 Å². The van der Waals surface area contributed by atoms with Crippen LogP contribution in [0.4, 0.5) is 8.78 Å². The van der Waals surface area contributed by atoms with Crippen LogP contribution in [-0.2, 0) is 5.92 Å². The Labute approximate surface area is 159 Å². The quantitative estimate of drug-likeness (QED) is 0.458. The van der Waals surface area contributed by atoms with Crippen LogP contribution in [0.15, 0.2) is 43.7 Å². The molecule has 3 aromatic rings. The lowest BCUT2D eigenvalue weighted by Gasteiger charge is -2.10. The van der Waals surface area contributed by atoms with E-state index in [4.69, 9.17) is 4.42 Å². The van der Waals surface area contributed by atoms with Crippen LogP contribution in [0.3, 0.4) is 0 Å². The molecule has 0 fully saturated rings. The summed E-state index contributed by atoms with van der Waals surface area (Å²) in [4.78, 5) is 13.0. The van der Waals surface area contributed by atoms with Gasteiger partial charge in [0.25, 0.3) is 0 Å². The van der Waals surface area contributed by atoms with Crippen molar-refractivity contribution in [1.29, 1.82) is 0 Å². The SMILES string of the molecule is Bc1ccc2oc(C(C)(F)F)c(C(=O)c3cc(Br)c(O)c(Br)c3)c2c1. The summed E-state index contributed by atoms with van der Waals surface area (Å²) in [6, 6.07) is 7.71. The third-order valence-corrected chi connectivity index (χ3v) is 4.96. The van der Waals surface area contributed by atoms with Crippen molar-refractivity contribution in [2.24, 2.45) is 0 Å². The molecule has 128 valence electrons. The monoisotopic (exact) mass is 470 g/mol. The number of carbonyl (C=O) groups is 1. The smallest absolute Gasteiger partial charge is 0.302 e. The number of furan rings is 1. The zero-order valence-corrected chi connectivity index (χ0v) is 16.3. The lowest BCUT2D eigenvalue weighted by Crippen LogP contribution is -2.13. The summed E-state index contributed by atoms with van der Waals surface area (Å²) >= 11 is 6.29. The van der Waals surface area contributed by atoms with Gasteiger partial charge in [0.1, 0.15) is 19.2 Å². The molecule has 0 unspecified atom stereocenters. The Bertz CT molecular complexity index is 986. The first-order valence-corrected chi connectivity index (χ1v) is 8.82. The molecule has 0 aliphatic heterocycles. The zero-order valence-electron chi connectivity index (χ0n) is 13.2. The lowest BCUT2D eigenvalue weighted by molar-refractivity contribution is -0.00469. The van der Waals surface area contributed by atoms with E-state index >= 15 is 0 Å². The first kappa shape index (κ1) is 18.1. The molecular weight excluding hydrogens is 461 g/mol. The molecule has 1 heterocycles. The maximum absolute atomic E-state index is 14.0. The number of benzene rings is 2. The average Bonchev–Trinajstić information content (AvgIpc) is 2.90. The number of phenols is 1. The van der Waals surface area contributed by atoms with Crippen molar-refractivity contribution in [1.82, 2.24) is 0 Å². The number of carbonyl (C=O) groups excluding carboxylic acids is 1. The standard InChI is InChI=1S/C17H11BBr2F2O3/c1-17(21,22)16-13(9-6-8(18)2-3-12(9)25-16)14(23)7-4-10(19)15(24)11(20)5-7/h2-6,24H,18H2,1H3. The number of phenolic OH excluding ortho intramolecular Hbond substituents is 1. The Kier molecular flexibility index (Phi) is 4.53. The number of ketones is 1. The van der Waals surface area contributed by atoms with Crippen LogP contribution in [0.2, 0.25) is 0 Å². The minimum atomic E-state index is -3.32. The zero-order chi connectivity index (χ0) is 18.5. The average molecular weight is 472 g/mol. The minimum Gasteiger partial charge on any atom is -0.506 e. The molecule has 0 bridgehead atoms. The van der Waals surface area contributed by atoms with Gasteiger partial charge in [-0.25, -0.2) is 0 Å². The summed E-state index contributed by atoms with van der Waals surface area (Å²) in [5.74, 6) is -4.67. The van der Waals surface area contributed by atoms with E-state index in [2.05, 4.69) is 31.9 Å². The highest BCUT2D eigenvalue weighted by atomic mass is 79.9. The summed E-state index contributed by atoms with van der Waals surface area (Å²) in [6.07, 6.45) is 0. The predicted molar refractivity (Wildman–Crippen MR) is 101 cm³/mol.